The number of carbonyl (C=O) groups is 2. The van der Waals surface area contributed by atoms with E-state index in [0.717, 1.165) is 55.8 Å². The second-order valence-electron chi connectivity index (χ2n) is 12.6. The predicted octanol–water partition coefficient (Wildman–Crippen LogP) is 4.09. The molecule has 0 saturated carbocycles. The number of rotatable bonds is 6. The highest BCUT2D eigenvalue weighted by molar-refractivity contribution is 5.97. The van der Waals surface area contributed by atoms with Crippen molar-refractivity contribution in [3.8, 4) is 6.07 Å². The topological polar surface area (TPSA) is 105 Å². The third-order valence-corrected chi connectivity index (χ3v) is 9.44. The van der Waals surface area contributed by atoms with Crippen LogP contribution >= 0.6 is 0 Å². The van der Waals surface area contributed by atoms with Gasteiger partial charge < -0.3 is 25.3 Å². The predicted molar refractivity (Wildman–Crippen MR) is 174 cm³/mol. The standard InChI is InChI=1S/C35H41N7O2/c1-4-32(43)42-19-18-41(21-26(42)12-15-36)31-20-28(34(44)39-35(3)14-7-16-37-23-35)38-29-22-40(17-13-27(29)31)30-11-6-10-25-9-5-8-24(2)33(25)30/h4-6,8-11,20,26,37H,1,7,12-14,16-19,21-23H2,2-3H3,(H,39,44)/t26-,35-/m0/s1. The van der Waals surface area contributed by atoms with Crippen molar-refractivity contribution in [3.63, 3.8) is 0 Å². The number of nitrogens with zero attached hydrogens (tertiary/aromatic N) is 5. The molecule has 2 atom stereocenters. The summed E-state index contributed by atoms with van der Waals surface area (Å²) in [5, 5.41) is 18.7. The van der Waals surface area contributed by atoms with E-state index in [4.69, 9.17) is 4.98 Å². The number of amides is 2. The molecule has 1 aromatic heterocycles. The fourth-order valence-corrected chi connectivity index (χ4v) is 7.16. The summed E-state index contributed by atoms with van der Waals surface area (Å²) in [4.78, 5) is 37.8. The van der Waals surface area contributed by atoms with Crippen molar-refractivity contribution < 1.29 is 9.59 Å². The summed E-state index contributed by atoms with van der Waals surface area (Å²) >= 11 is 0. The first-order valence-corrected chi connectivity index (χ1v) is 15.6. The number of hydrogen-bond acceptors (Lipinski definition) is 7. The maximum absolute atomic E-state index is 13.8. The van der Waals surface area contributed by atoms with Gasteiger partial charge in [0.2, 0.25) is 5.91 Å². The zero-order valence-corrected chi connectivity index (χ0v) is 25.7. The summed E-state index contributed by atoms with van der Waals surface area (Å²) in [6, 6.07) is 16.8. The molecule has 9 heteroatoms. The van der Waals surface area contributed by atoms with Crippen LogP contribution in [0, 0.1) is 18.3 Å². The maximum atomic E-state index is 13.8. The lowest BCUT2D eigenvalue weighted by molar-refractivity contribution is -0.128. The van der Waals surface area contributed by atoms with Gasteiger partial charge in [-0.3, -0.25) is 9.59 Å². The lowest BCUT2D eigenvalue weighted by atomic mass is 9.92. The quantitative estimate of drug-likeness (QED) is 0.416. The Bertz CT molecular complexity index is 1630. The molecule has 4 heterocycles. The number of benzene rings is 2. The van der Waals surface area contributed by atoms with Crippen LogP contribution in [0.3, 0.4) is 0 Å². The largest absolute Gasteiger partial charge is 0.367 e. The monoisotopic (exact) mass is 591 g/mol. The minimum absolute atomic E-state index is 0.155. The normalized spacial score (nSPS) is 21.8. The van der Waals surface area contributed by atoms with E-state index in [9.17, 15) is 14.9 Å². The van der Waals surface area contributed by atoms with E-state index < -0.39 is 0 Å². The third-order valence-electron chi connectivity index (χ3n) is 9.44. The van der Waals surface area contributed by atoms with Gasteiger partial charge in [-0.1, -0.05) is 36.9 Å². The summed E-state index contributed by atoms with van der Waals surface area (Å²) in [7, 11) is 0. The first-order chi connectivity index (χ1) is 21.3. The molecule has 0 bridgehead atoms. The molecule has 3 aromatic rings. The van der Waals surface area contributed by atoms with E-state index in [1.807, 2.05) is 6.07 Å². The molecule has 6 rings (SSSR count). The SMILES string of the molecule is C=CC(=O)N1CCN(c2cc(C(=O)N[C@@]3(C)CCCNC3)nc3c2CCN(c2cccc4cccc(C)c24)C3)C[C@@H]1CC#N. The number of fused-ring (bicyclic) bond motifs is 2. The van der Waals surface area contributed by atoms with Crippen molar-refractivity contribution in [2.24, 2.45) is 0 Å². The number of pyridine rings is 1. The van der Waals surface area contributed by atoms with Gasteiger partial charge in [-0.25, -0.2) is 4.98 Å². The molecule has 0 radical (unpaired) electrons. The minimum Gasteiger partial charge on any atom is -0.367 e. The average molecular weight is 592 g/mol. The van der Waals surface area contributed by atoms with Gasteiger partial charge in [0.1, 0.15) is 5.69 Å². The fourth-order valence-electron chi connectivity index (χ4n) is 7.16. The van der Waals surface area contributed by atoms with Crippen molar-refractivity contribution in [1.82, 2.24) is 20.5 Å². The molecule has 0 unspecified atom stereocenters. The third kappa shape index (κ3) is 5.74. The van der Waals surface area contributed by atoms with Gasteiger partial charge in [-0.15, -0.1) is 0 Å². The molecule has 2 amide bonds. The molecule has 0 spiro atoms. The first kappa shape index (κ1) is 29.6. The van der Waals surface area contributed by atoms with Crippen LogP contribution in [-0.4, -0.2) is 72.5 Å². The van der Waals surface area contributed by atoms with Crippen LogP contribution in [0.4, 0.5) is 11.4 Å². The Kier molecular flexibility index (Phi) is 8.28. The number of nitriles is 1. The lowest BCUT2D eigenvalue weighted by Crippen LogP contribution is -2.56. The molecule has 2 aromatic carbocycles. The summed E-state index contributed by atoms with van der Waals surface area (Å²) < 4.78 is 0. The smallest absolute Gasteiger partial charge is 0.270 e. The van der Waals surface area contributed by atoms with Gasteiger partial charge in [0.05, 0.1) is 36.3 Å². The Hall–Kier alpha value is -4.42. The van der Waals surface area contributed by atoms with Crippen LogP contribution in [0.5, 0.6) is 0 Å². The second kappa shape index (κ2) is 12.3. The Morgan fingerprint density at radius 1 is 1.18 bits per heavy atom. The average Bonchev–Trinajstić information content (AvgIpc) is 3.03. The molecule has 9 nitrogen and oxygen atoms in total. The summed E-state index contributed by atoms with van der Waals surface area (Å²) in [5.41, 5.74) is 5.50. The van der Waals surface area contributed by atoms with Crippen molar-refractivity contribution in [2.45, 2.75) is 57.7 Å². The molecule has 44 heavy (non-hydrogen) atoms. The summed E-state index contributed by atoms with van der Waals surface area (Å²) in [6.07, 6.45) is 4.25. The highest BCUT2D eigenvalue weighted by atomic mass is 16.2. The number of piperazine rings is 1. The number of aromatic nitrogens is 1. The van der Waals surface area contributed by atoms with E-state index in [-0.39, 0.29) is 29.8 Å². The highest BCUT2D eigenvalue weighted by Gasteiger charge is 2.34. The van der Waals surface area contributed by atoms with Gasteiger partial charge in [0.15, 0.2) is 0 Å². The van der Waals surface area contributed by atoms with Crippen LogP contribution in [0.25, 0.3) is 10.8 Å². The van der Waals surface area contributed by atoms with Crippen LogP contribution in [0.2, 0.25) is 0 Å². The van der Waals surface area contributed by atoms with E-state index in [2.05, 4.69) is 83.3 Å². The van der Waals surface area contributed by atoms with Crippen LogP contribution < -0.4 is 20.4 Å². The van der Waals surface area contributed by atoms with Gasteiger partial charge in [-0.05, 0) is 68.8 Å². The number of carbonyl (C=O) groups excluding carboxylic acids is 2. The molecule has 3 aliphatic rings. The lowest BCUT2D eigenvalue weighted by Gasteiger charge is -2.43. The molecular weight excluding hydrogens is 550 g/mol. The molecule has 2 saturated heterocycles. The molecule has 2 fully saturated rings. The number of piperidine rings is 1. The van der Waals surface area contributed by atoms with E-state index in [1.54, 1.807) is 4.90 Å². The Labute approximate surface area is 259 Å². The van der Waals surface area contributed by atoms with E-state index in [1.165, 1.54) is 28.1 Å². The Balaban J connectivity index is 1.38. The van der Waals surface area contributed by atoms with E-state index in [0.29, 0.717) is 31.9 Å². The molecular formula is C35H41N7O2. The number of nitrogens with one attached hydrogen (secondary N) is 2. The van der Waals surface area contributed by atoms with Crippen molar-refractivity contribution in [2.75, 3.05) is 49.1 Å². The molecule has 228 valence electrons. The van der Waals surface area contributed by atoms with Gasteiger partial charge in [0.25, 0.3) is 5.91 Å². The van der Waals surface area contributed by atoms with E-state index >= 15 is 0 Å². The molecule has 2 N–H and O–H groups in total. The zero-order valence-electron chi connectivity index (χ0n) is 25.7. The van der Waals surface area contributed by atoms with Crippen molar-refractivity contribution in [3.05, 3.63) is 77.6 Å². The van der Waals surface area contributed by atoms with Crippen molar-refractivity contribution in [1.29, 1.82) is 5.26 Å². The van der Waals surface area contributed by atoms with Gasteiger partial charge in [-0.2, -0.15) is 5.26 Å². The Morgan fingerprint density at radius 2 is 2.00 bits per heavy atom. The van der Waals surface area contributed by atoms with Crippen LogP contribution in [-0.2, 0) is 17.8 Å². The molecule has 0 aliphatic carbocycles. The van der Waals surface area contributed by atoms with Crippen LogP contribution in [0.15, 0.2) is 55.1 Å². The number of hydrogen-bond donors (Lipinski definition) is 2. The zero-order chi connectivity index (χ0) is 30.8. The first-order valence-electron chi connectivity index (χ1n) is 15.6. The maximum Gasteiger partial charge on any atom is 0.270 e. The Morgan fingerprint density at radius 3 is 2.75 bits per heavy atom. The van der Waals surface area contributed by atoms with Crippen LogP contribution in [0.1, 0.15) is 53.5 Å². The van der Waals surface area contributed by atoms with Gasteiger partial charge >= 0.3 is 0 Å². The molecule has 3 aliphatic heterocycles. The van der Waals surface area contributed by atoms with Crippen molar-refractivity contribution >= 4 is 34.0 Å². The number of anilines is 2. The second-order valence-corrected chi connectivity index (χ2v) is 12.6. The summed E-state index contributed by atoms with van der Waals surface area (Å²) in [6.45, 7) is 12.6. The van der Waals surface area contributed by atoms with Gasteiger partial charge in [0, 0.05) is 55.0 Å². The summed E-state index contributed by atoms with van der Waals surface area (Å²) in [5.74, 6) is -0.329. The fraction of sp³-hybridized carbons (Fsp3) is 0.429. The highest BCUT2D eigenvalue weighted by Crippen LogP contribution is 2.36. The minimum atomic E-state index is -0.339. The number of aryl methyl sites for hydroxylation is 1.